The van der Waals surface area contributed by atoms with Crippen LogP contribution in [0.5, 0.6) is 0 Å². The Morgan fingerprint density at radius 3 is 2.90 bits per heavy atom. The molecular formula is C16H21N3O. The molecule has 1 aliphatic rings. The minimum absolute atomic E-state index is 0.681. The molecule has 3 rings (SSSR count). The highest BCUT2D eigenvalue weighted by atomic mass is 16.5. The molecule has 1 atom stereocenters. The summed E-state index contributed by atoms with van der Waals surface area (Å²) in [6, 6.07) is 8.28. The maximum atomic E-state index is 5.52. The van der Waals surface area contributed by atoms with Crippen LogP contribution in [0.15, 0.2) is 24.3 Å². The fourth-order valence-electron chi connectivity index (χ4n) is 2.80. The third-order valence-corrected chi connectivity index (χ3v) is 3.97. The Morgan fingerprint density at radius 2 is 2.10 bits per heavy atom. The monoisotopic (exact) mass is 271 g/mol. The molecule has 0 unspecified atom stereocenters. The molecule has 106 valence electrons. The molecule has 2 heterocycles. The molecule has 0 saturated carbocycles. The SMILES string of the molecule is Cc1nnc(NCC[C@H]2CCCOC2)c2ccccc12. The summed E-state index contributed by atoms with van der Waals surface area (Å²) in [5.74, 6) is 1.57. The van der Waals surface area contributed by atoms with Crippen LogP contribution in [0.1, 0.15) is 25.0 Å². The third-order valence-electron chi connectivity index (χ3n) is 3.97. The van der Waals surface area contributed by atoms with Crippen molar-refractivity contribution in [3.05, 3.63) is 30.0 Å². The smallest absolute Gasteiger partial charge is 0.156 e. The first-order valence-electron chi connectivity index (χ1n) is 7.38. The highest BCUT2D eigenvalue weighted by Crippen LogP contribution is 2.23. The number of rotatable bonds is 4. The van der Waals surface area contributed by atoms with Gasteiger partial charge in [-0.3, -0.25) is 0 Å². The summed E-state index contributed by atoms with van der Waals surface area (Å²) in [6.45, 7) is 4.76. The van der Waals surface area contributed by atoms with Crippen LogP contribution in [0.3, 0.4) is 0 Å². The van der Waals surface area contributed by atoms with Gasteiger partial charge in [0.15, 0.2) is 5.82 Å². The highest BCUT2D eigenvalue weighted by Gasteiger charge is 2.13. The maximum absolute atomic E-state index is 5.52. The topological polar surface area (TPSA) is 47.0 Å². The van der Waals surface area contributed by atoms with Crippen molar-refractivity contribution in [3.63, 3.8) is 0 Å². The number of hydrogen-bond donors (Lipinski definition) is 1. The van der Waals surface area contributed by atoms with E-state index in [4.69, 9.17) is 4.74 Å². The van der Waals surface area contributed by atoms with Crippen molar-refractivity contribution in [1.29, 1.82) is 0 Å². The molecule has 4 heteroatoms. The number of nitrogens with one attached hydrogen (secondary N) is 1. The molecule has 2 aromatic rings. The van der Waals surface area contributed by atoms with Gasteiger partial charge in [0.25, 0.3) is 0 Å². The Bertz CT molecular complexity index is 579. The van der Waals surface area contributed by atoms with Gasteiger partial charge in [-0.2, -0.15) is 5.10 Å². The van der Waals surface area contributed by atoms with Crippen molar-refractivity contribution in [3.8, 4) is 0 Å². The number of fused-ring (bicyclic) bond motifs is 1. The van der Waals surface area contributed by atoms with E-state index in [1.54, 1.807) is 0 Å². The zero-order chi connectivity index (χ0) is 13.8. The number of aromatic nitrogens is 2. The molecule has 0 amide bonds. The lowest BCUT2D eigenvalue weighted by molar-refractivity contribution is 0.0530. The second kappa shape index (κ2) is 6.18. The van der Waals surface area contributed by atoms with Crippen LogP contribution in [0.4, 0.5) is 5.82 Å². The highest BCUT2D eigenvalue weighted by molar-refractivity contribution is 5.92. The average molecular weight is 271 g/mol. The lowest BCUT2D eigenvalue weighted by Crippen LogP contribution is -2.20. The van der Waals surface area contributed by atoms with E-state index in [1.807, 2.05) is 19.1 Å². The number of hydrogen-bond acceptors (Lipinski definition) is 4. The summed E-state index contributed by atoms with van der Waals surface area (Å²) in [5.41, 5.74) is 0.979. The van der Waals surface area contributed by atoms with Gasteiger partial charge in [-0.15, -0.1) is 5.10 Å². The summed E-state index contributed by atoms with van der Waals surface area (Å²) in [6.07, 6.45) is 3.60. The molecule has 1 aromatic heterocycles. The Balaban J connectivity index is 1.67. The predicted octanol–water partition coefficient (Wildman–Crippen LogP) is 3.17. The van der Waals surface area contributed by atoms with Crippen LogP contribution >= 0.6 is 0 Å². The van der Waals surface area contributed by atoms with Crippen LogP contribution in [-0.4, -0.2) is 30.0 Å². The lowest BCUT2D eigenvalue weighted by Gasteiger charge is -2.22. The molecule has 4 nitrogen and oxygen atoms in total. The number of aryl methyl sites for hydroxylation is 1. The molecule has 20 heavy (non-hydrogen) atoms. The minimum atomic E-state index is 0.681. The summed E-state index contributed by atoms with van der Waals surface area (Å²) in [4.78, 5) is 0. The minimum Gasteiger partial charge on any atom is -0.381 e. The van der Waals surface area contributed by atoms with E-state index >= 15 is 0 Å². The normalized spacial score (nSPS) is 19.1. The summed E-state index contributed by atoms with van der Waals surface area (Å²) < 4.78 is 5.52. The summed E-state index contributed by atoms with van der Waals surface area (Å²) in [7, 11) is 0. The largest absolute Gasteiger partial charge is 0.381 e. The second-order valence-corrected chi connectivity index (χ2v) is 5.48. The van der Waals surface area contributed by atoms with Gasteiger partial charge < -0.3 is 10.1 Å². The van der Waals surface area contributed by atoms with Crippen LogP contribution in [0.2, 0.25) is 0 Å². The third kappa shape index (κ3) is 2.90. The van der Waals surface area contributed by atoms with Crippen molar-refractivity contribution in [1.82, 2.24) is 10.2 Å². The van der Waals surface area contributed by atoms with E-state index in [-0.39, 0.29) is 0 Å². The fraction of sp³-hybridized carbons (Fsp3) is 0.500. The van der Waals surface area contributed by atoms with Crippen molar-refractivity contribution < 1.29 is 4.74 Å². The Kier molecular flexibility index (Phi) is 4.11. The van der Waals surface area contributed by atoms with Gasteiger partial charge in [0.2, 0.25) is 0 Å². The van der Waals surface area contributed by atoms with E-state index in [9.17, 15) is 0 Å². The zero-order valence-electron chi connectivity index (χ0n) is 11.9. The van der Waals surface area contributed by atoms with Crippen LogP contribution < -0.4 is 5.32 Å². The molecule has 1 N–H and O–H groups in total. The van der Waals surface area contributed by atoms with E-state index in [2.05, 4.69) is 27.6 Å². The molecule has 0 spiro atoms. The van der Waals surface area contributed by atoms with Gasteiger partial charge in [-0.25, -0.2) is 0 Å². The number of anilines is 1. The van der Waals surface area contributed by atoms with Gasteiger partial charge in [0, 0.05) is 30.5 Å². The Labute approximate surface area is 119 Å². The molecular weight excluding hydrogens is 250 g/mol. The number of ether oxygens (including phenoxy) is 1. The zero-order valence-corrected chi connectivity index (χ0v) is 11.9. The lowest BCUT2D eigenvalue weighted by atomic mass is 9.99. The molecule has 0 aliphatic carbocycles. The molecule has 1 aliphatic heterocycles. The van der Waals surface area contributed by atoms with E-state index < -0.39 is 0 Å². The van der Waals surface area contributed by atoms with Crippen LogP contribution in [-0.2, 0) is 4.74 Å². The molecule has 0 radical (unpaired) electrons. The van der Waals surface area contributed by atoms with Crippen molar-refractivity contribution in [2.24, 2.45) is 5.92 Å². The standard InChI is InChI=1S/C16H21N3O/c1-12-14-6-2-3-7-15(14)16(19-18-12)17-9-8-13-5-4-10-20-11-13/h2-3,6-7,13H,4-5,8-11H2,1H3,(H,17,19)/t13-/m1/s1. The van der Waals surface area contributed by atoms with Gasteiger partial charge in [0.1, 0.15) is 0 Å². The summed E-state index contributed by atoms with van der Waals surface area (Å²) in [5, 5.41) is 14.3. The first-order valence-corrected chi connectivity index (χ1v) is 7.38. The quantitative estimate of drug-likeness (QED) is 0.928. The average Bonchev–Trinajstić information content (AvgIpc) is 2.51. The van der Waals surface area contributed by atoms with Crippen molar-refractivity contribution in [2.45, 2.75) is 26.2 Å². The maximum Gasteiger partial charge on any atom is 0.156 e. The molecule has 0 bridgehead atoms. The van der Waals surface area contributed by atoms with Gasteiger partial charge in [-0.05, 0) is 32.1 Å². The van der Waals surface area contributed by atoms with Crippen LogP contribution in [0, 0.1) is 12.8 Å². The molecule has 1 saturated heterocycles. The molecule has 1 fully saturated rings. The van der Waals surface area contributed by atoms with E-state index in [0.717, 1.165) is 43.1 Å². The summed E-state index contributed by atoms with van der Waals surface area (Å²) >= 11 is 0. The predicted molar refractivity (Wildman–Crippen MR) is 80.9 cm³/mol. The number of benzene rings is 1. The first kappa shape index (κ1) is 13.3. The second-order valence-electron chi connectivity index (χ2n) is 5.48. The van der Waals surface area contributed by atoms with E-state index in [1.165, 1.54) is 18.2 Å². The van der Waals surface area contributed by atoms with Gasteiger partial charge in [-0.1, -0.05) is 24.3 Å². The Morgan fingerprint density at radius 1 is 1.25 bits per heavy atom. The van der Waals surface area contributed by atoms with Crippen molar-refractivity contribution in [2.75, 3.05) is 25.1 Å². The van der Waals surface area contributed by atoms with Crippen LogP contribution in [0.25, 0.3) is 10.8 Å². The van der Waals surface area contributed by atoms with Gasteiger partial charge >= 0.3 is 0 Å². The first-order chi connectivity index (χ1) is 9.84. The fourth-order valence-corrected chi connectivity index (χ4v) is 2.80. The van der Waals surface area contributed by atoms with Gasteiger partial charge in [0.05, 0.1) is 5.69 Å². The Hall–Kier alpha value is -1.68. The van der Waals surface area contributed by atoms with Crippen molar-refractivity contribution >= 4 is 16.6 Å². The van der Waals surface area contributed by atoms with E-state index in [0.29, 0.717) is 5.92 Å². The number of nitrogens with zero attached hydrogens (tertiary/aromatic N) is 2. The molecule has 1 aromatic carbocycles.